The van der Waals surface area contributed by atoms with E-state index < -0.39 is 10.2 Å². The lowest BCUT2D eigenvalue weighted by Gasteiger charge is -2.26. The van der Waals surface area contributed by atoms with Crippen molar-refractivity contribution < 1.29 is 8.42 Å². The summed E-state index contributed by atoms with van der Waals surface area (Å²) in [6.07, 6.45) is 3.00. The van der Waals surface area contributed by atoms with Crippen LogP contribution in [0, 0.1) is 0 Å². The van der Waals surface area contributed by atoms with Crippen molar-refractivity contribution in [2.24, 2.45) is 0 Å². The van der Waals surface area contributed by atoms with E-state index in [0.717, 1.165) is 31.4 Å². The summed E-state index contributed by atoms with van der Waals surface area (Å²) in [6, 6.07) is 7.96. The molecule has 0 spiro atoms. The fourth-order valence-electron chi connectivity index (χ4n) is 2.33. The third kappa shape index (κ3) is 4.98. The van der Waals surface area contributed by atoms with Crippen LogP contribution in [-0.4, -0.2) is 31.9 Å². The SMILES string of the molecule is CC(C)NCc1ccc(NS(=O)(=O)N2CCCCC2)cc1. The van der Waals surface area contributed by atoms with Crippen LogP contribution < -0.4 is 10.0 Å². The van der Waals surface area contributed by atoms with E-state index in [2.05, 4.69) is 23.9 Å². The van der Waals surface area contributed by atoms with Gasteiger partial charge in [-0.1, -0.05) is 32.4 Å². The van der Waals surface area contributed by atoms with E-state index in [1.54, 1.807) is 0 Å². The van der Waals surface area contributed by atoms with Crippen molar-refractivity contribution >= 4 is 15.9 Å². The van der Waals surface area contributed by atoms with E-state index >= 15 is 0 Å². The van der Waals surface area contributed by atoms with E-state index in [9.17, 15) is 8.42 Å². The number of nitrogens with one attached hydrogen (secondary N) is 2. The molecule has 0 amide bonds. The summed E-state index contributed by atoms with van der Waals surface area (Å²) in [6.45, 7) is 6.22. The Morgan fingerprint density at radius 2 is 1.71 bits per heavy atom. The Morgan fingerprint density at radius 3 is 2.29 bits per heavy atom. The highest BCUT2D eigenvalue weighted by Crippen LogP contribution is 2.17. The lowest BCUT2D eigenvalue weighted by molar-refractivity contribution is 0.349. The molecule has 1 aromatic carbocycles. The van der Waals surface area contributed by atoms with Gasteiger partial charge in [0.05, 0.1) is 0 Å². The van der Waals surface area contributed by atoms with Crippen LogP contribution in [0.2, 0.25) is 0 Å². The summed E-state index contributed by atoms with van der Waals surface area (Å²) < 4.78 is 28.7. The molecule has 1 fully saturated rings. The molecule has 0 saturated carbocycles. The molecule has 1 aliphatic heterocycles. The number of hydrogen-bond acceptors (Lipinski definition) is 3. The van der Waals surface area contributed by atoms with Gasteiger partial charge < -0.3 is 5.32 Å². The summed E-state index contributed by atoms with van der Waals surface area (Å²) in [5, 5.41) is 3.33. The second kappa shape index (κ2) is 7.24. The number of hydrogen-bond donors (Lipinski definition) is 2. The second-order valence-electron chi connectivity index (χ2n) is 5.80. The van der Waals surface area contributed by atoms with Crippen molar-refractivity contribution in [3.63, 3.8) is 0 Å². The zero-order valence-corrected chi connectivity index (χ0v) is 13.6. The van der Waals surface area contributed by atoms with Gasteiger partial charge >= 0.3 is 10.2 Å². The minimum atomic E-state index is -3.41. The monoisotopic (exact) mass is 311 g/mol. The number of piperidine rings is 1. The van der Waals surface area contributed by atoms with Gasteiger partial charge in [-0.05, 0) is 30.5 Å². The molecular formula is C15H25N3O2S. The first-order valence-electron chi connectivity index (χ1n) is 7.57. The van der Waals surface area contributed by atoms with Crippen LogP contribution in [-0.2, 0) is 16.8 Å². The van der Waals surface area contributed by atoms with E-state index in [-0.39, 0.29) is 0 Å². The molecule has 0 atom stereocenters. The summed E-state index contributed by atoms with van der Waals surface area (Å²) in [4.78, 5) is 0. The number of nitrogens with zero attached hydrogens (tertiary/aromatic N) is 1. The summed E-state index contributed by atoms with van der Waals surface area (Å²) >= 11 is 0. The summed E-state index contributed by atoms with van der Waals surface area (Å²) in [5.74, 6) is 0. The van der Waals surface area contributed by atoms with Crippen LogP contribution in [0.5, 0.6) is 0 Å². The normalized spacial score (nSPS) is 17.1. The molecular weight excluding hydrogens is 286 g/mol. The van der Waals surface area contributed by atoms with Crippen molar-refractivity contribution in [2.45, 2.75) is 45.7 Å². The Hall–Kier alpha value is -1.11. The van der Waals surface area contributed by atoms with Crippen LogP contribution in [0.15, 0.2) is 24.3 Å². The minimum absolute atomic E-state index is 0.433. The van der Waals surface area contributed by atoms with Gasteiger partial charge in [-0.2, -0.15) is 12.7 Å². The smallest absolute Gasteiger partial charge is 0.301 e. The van der Waals surface area contributed by atoms with Gasteiger partial charge in [0, 0.05) is 31.4 Å². The van der Waals surface area contributed by atoms with Crippen molar-refractivity contribution in [3.8, 4) is 0 Å². The molecule has 6 heteroatoms. The molecule has 21 heavy (non-hydrogen) atoms. The first-order valence-corrected chi connectivity index (χ1v) is 9.01. The van der Waals surface area contributed by atoms with E-state index in [1.165, 1.54) is 4.31 Å². The Kier molecular flexibility index (Phi) is 5.61. The topological polar surface area (TPSA) is 61.4 Å². The van der Waals surface area contributed by atoms with Gasteiger partial charge in [0.1, 0.15) is 0 Å². The average molecular weight is 311 g/mol. The average Bonchev–Trinajstić information content (AvgIpc) is 2.47. The van der Waals surface area contributed by atoms with Gasteiger partial charge in [0.2, 0.25) is 0 Å². The molecule has 1 heterocycles. The molecule has 1 aliphatic rings. The third-order valence-electron chi connectivity index (χ3n) is 3.57. The molecule has 0 bridgehead atoms. The highest BCUT2D eigenvalue weighted by molar-refractivity contribution is 7.90. The van der Waals surface area contributed by atoms with E-state index in [0.29, 0.717) is 24.8 Å². The van der Waals surface area contributed by atoms with Crippen LogP contribution in [0.4, 0.5) is 5.69 Å². The molecule has 1 saturated heterocycles. The quantitative estimate of drug-likeness (QED) is 0.847. The van der Waals surface area contributed by atoms with Crippen LogP contribution >= 0.6 is 0 Å². The van der Waals surface area contributed by atoms with Crippen molar-refractivity contribution in [1.29, 1.82) is 0 Å². The molecule has 118 valence electrons. The molecule has 0 radical (unpaired) electrons. The largest absolute Gasteiger partial charge is 0.310 e. The highest BCUT2D eigenvalue weighted by atomic mass is 32.2. The summed E-state index contributed by atoms with van der Waals surface area (Å²) in [5.41, 5.74) is 1.76. The maximum Gasteiger partial charge on any atom is 0.301 e. The third-order valence-corrected chi connectivity index (χ3v) is 5.11. The fraction of sp³-hybridized carbons (Fsp3) is 0.600. The number of anilines is 1. The van der Waals surface area contributed by atoms with Crippen LogP contribution in [0.1, 0.15) is 38.7 Å². The second-order valence-corrected chi connectivity index (χ2v) is 7.47. The molecule has 1 aromatic rings. The Bertz CT molecular complexity index is 535. The number of benzene rings is 1. The van der Waals surface area contributed by atoms with Gasteiger partial charge in [-0.3, -0.25) is 4.72 Å². The maximum atomic E-state index is 12.3. The molecule has 5 nitrogen and oxygen atoms in total. The Morgan fingerprint density at radius 1 is 1.10 bits per heavy atom. The zero-order valence-electron chi connectivity index (χ0n) is 12.8. The van der Waals surface area contributed by atoms with Crippen molar-refractivity contribution in [2.75, 3.05) is 17.8 Å². The van der Waals surface area contributed by atoms with Gasteiger partial charge in [-0.25, -0.2) is 0 Å². The van der Waals surface area contributed by atoms with E-state index in [4.69, 9.17) is 0 Å². The minimum Gasteiger partial charge on any atom is -0.310 e. The van der Waals surface area contributed by atoms with Gasteiger partial charge in [0.15, 0.2) is 0 Å². The molecule has 2 N–H and O–H groups in total. The molecule has 0 aliphatic carbocycles. The lowest BCUT2D eigenvalue weighted by atomic mass is 10.2. The Labute approximate surface area is 127 Å². The maximum absolute atomic E-state index is 12.3. The van der Waals surface area contributed by atoms with Crippen LogP contribution in [0.25, 0.3) is 0 Å². The first-order chi connectivity index (χ1) is 9.97. The standard InChI is InChI=1S/C15H25N3O2S/c1-13(2)16-12-14-6-8-15(9-7-14)17-21(19,20)18-10-4-3-5-11-18/h6-9,13,16-17H,3-5,10-12H2,1-2H3. The zero-order chi connectivity index (χ0) is 15.3. The predicted octanol–water partition coefficient (Wildman–Crippen LogP) is 2.33. The Balaban J connectivity index is 1.95. The van der Waals surface area contributed by atoms with Crippen molar-refractivity contribution in [3.05, 3.63) is 29.8 Å². The fourth-order valence-corrected chi connectivity index (χ4v) is 3.63. The first kappa shape index (κ1) is 16.3. The van der Waals surface area contributed by atoms with Gasteiger partial charge in [-0.15, -0.1) is 0 Å². The molecule has 0 aromatic heterocycles. The van der Waals surface area contributed by atoms with Crippen LogP contribution in [0.3, 0.4) is 0 Å². The lowest BCUT2D eigenvalue weighted by Crippen LogP contribution is -2.39. The van der Waals surface area contributed by atoms with Gasteiger partial charge in [0.25, 0.3) is 0 Å². The van der Waals surface area contributed by atoms with Crippen molar-refractivity contribution in [1.82, 2.24) is 9.62 Å². The molecule has 2 rings (SSSR count). The highest BCUT2D eigenvalue weighted by Gasteiger charge is 2.23. The summed E-state index contributed by atoms with van der Waals surface area (Å²) in [7, 11) is -3.41. The predicted molar refractivity (Wildman–Crippen MR) is 86.4 cm³/mol. The molecule has 0 unspecified atom stereocenters. The van der Waals surface area contributed by atoms with E-state index in [1.807, 2.05) is 24.3 Å². The number of rotatable bonds is 6.